The van der Waals surface area contributed by atoms with Crippen LogP contribution in [-0.4, -0.2) is 70.8 Å². The van der Waals surface area contributed by atoms with Crippen molar-refractivity contribution >= 4 is 11.8 Å². The van der Waals surface area contributed by atoms with E-state index in [0.717, 1.165) is 63.8 Å². The zero-order chi connectivity index (χ0) is 20.3. The van der Waals surface area contributed by atoms with Crippen LogP contribution in [0.5, 0.6) is 0 Å². The van der Waals surface area contributed by atoms with Gasteiger partial charge >= 0.3 is 0 Å². The van der Waals surface area contributed by atoms with E-state index in [0.29, 0.717) is 18.9 Å². The zero-order valence-corrected chi connectivity index (χ0v) is 17.7. The van der Waals surface area contributed by atoms with E-state index in [1.54, 1.807) is 6.20 Å². The van der Waals surface area contributed by atoms with Gasteiger partial charge in [-0.2, -0.15) is 0 Å². The topological polar surface area (TPSA) is 56.8 Å². The molecule has 4 heterocycles. The molecule has 3 aliphatic rings. The van der Waals surface area contributed by atoms with Gasteiger partial charge in [-0.1, -0.05) is 18.9 Å². The number of piperidine rings is 2. The second-order valence-corrected chi connectivity index (χ2v) is 9.28. The van der Waals surface area contributed by atoms with Gasteiger partial charge in [0.05, 0.1) is 6.04 Å². The summed E-state index contributed by atoms with van der Waals surface area (Å²) in [5.74, 6) is 0.571. The zero-order valence-electron chi connectivity index (χ0n) is 17.7. The summed E-state index contributed by atoms with van der Waals surface area (Å²) >= 11 is 0. The molecule has 0 aliphatic carbocycles. The Kier molecular flexibility index (Phi) is 6.18. The first-order valence-corrected chi connectivity index (χ1v) is 11.2. The first kappa shape index (κ1) is 20.3. The fourth-order valence-electron chi connectivity index (χ4n) is 5.34. The van der Waals surface area contributed by atoms with Crippen LogP contribution in [0.1, 0.15) is 56.9 Å². The molecule has 0 aromatic carbocycles. The van der Waals surface area contributed by atoms with Gasteiger partial charge in [-0.3, -0.25) is 19.5 Å². The van der Waals surface area contributed by atoms with E-state index in [1.165, 1.54) is 12.8 Å². The highest BCUT2D eigenvalue weighted by atomic mass is 16.2. The van der Waals surface area contributed by atoms with Crippen molar-refractivity contribution < 1.29 is 9.59 Å². The molecule has 6 nitrogen and oxygen atoms in total. The number of likely N-dealkylation sites (tertiary alicyclic amines) is 3. The lowest BCUT2D eigenvalue weighted by Crippen LogP contribution is -2.54. The minimum absolute atomic E-state index is 0.0570. The van der Waals surface area contributed by atoms with Crippen molar-refractivity contribution in [2.24, 2.45) is 5.41 Å². The summed E-state index contributed by atoms with van der Waals surface area (Å²) in [7, 11) is 2.10. The van der Waals surface area contributed by atoms with Gasteiger partial charge in [0.2, 0.25) is 11.8 Å². The Morgan fingerprint density at radius 1 is 1.17 bits per heavy atom. The second kappa shape index (κ2) is 8.82. The monoisotopic (exact) mass is 398 g/mol. The normalized spacial score (nSPS) is 25.8. The lowest BCUT2D eigenvalue weighted by atomic mass is 9.72. The summed E-state index contributed by atoms with van der Waals surface area (Å²) in [6.07, 6.45) is 11.8. The third-order valence-electron chi connectivity index (χ3n) is 7.29. The van der Waals surface area contributed by atoms with Gasteiger partial charge < -0.3 is 9.80 Å². The maximum atomic E-state index is 13.2. The SMILES string of the molecule is CN1CCCCC[C@@H]1C(=O)N1CCC2(CCC(=O)N(Cc3cccnc3)C2)CC1. The fraction of sp³-hybridized carbons (Fsp3) is 0.696. The van der Waals surface area contributed by atoms with Gasteiger partial charge in [-0.15, -0.1) is 0 Å². The number of amides is 2. The highest BCUT2D eigenvalue weighted by Crippen LogP contribution is 2.41. The van der Waals surface area contributed by atoms with E-state index in [-0.39, 0.29) is 17.4 Å². The van der Waals surface area contributed by atoms with Crippen LogP contribution in [0.15, 0.2) is 24.5 Å². The first-order chi connectivity index (χ1) is 14.1. The predicted octanol–water partition coefficient (Wildman–Crippen LogP) is 2.69. The van der Waals surface area contributed by atoms with Gasteiger partial charge in [0.25, 0.3) is 0 Å². The Labute approximate surface area is 174 Å². The van der Waals surface area contributed by atoms with E-state index in [1.807, 2.05) is 23.2 Å². The van der Waals surface area contributed by atoms with Gasteiger partial charge in [-0.05, 0) is 62.7 Å². The number of hydrogen-bond donors (Lipinski definition) is 0. The highest BCUT2D eigenvalue weighted by Gasteiger charge is 2.42. The van der Waals surface area contributed by atoms with Crippen LogP contribution in [0.3, 0.4) is 0 Å². The van der Waals surface area contributed by atoms with Gasteiger partial charge in [0.15, 0.2) is 0 Å². The van der Waals surface area contributed by atoms with Crippen molar-refractivity contribution in [3.63, 3.8) is 0 Å². The maximum Gasteiger partial charge on any atom is 0.239 e. The molecule has 6 heteroatoms. The van der Waals surface area contributed by atoms with Gasteiger partial charge in [-0.25, -0.2) is 0 Å². The summed E-state index contributed by atoms with van der Waals surface area (Å²) in [6.45, 7) is 4.14. The van der Waals surface area contributed by atoms with Crippen molar-refractivity contribution in [2.45, 2.75) is 64.0 Å². The van der Waals surface area contributed by atoms with Crippen molar-refractivity contribution in [1.82, 2.24) is 19.7 Å². The molecule has 1 atom stereocenters. The maximum absolute atomic E-state index is 13.2. The summed E-state index contributed by atoms with van der Waals surface area (Å²) in [5, 5.41) is 0. The van der Waals surface area contributed by atoms with Crippen LogP contribution in [0.2, 0.25) is 0 Å². The van der Waals surface area contributed by atoms with Crippen molar-refractivity contribution in [3.8, 4) is 0 Å². The van der Waals surface area contributed by atoms with Crippen molar-refractivity contribution in [3.05, 3.63) is 30.1 Å². The predicted molar refractivity (Wildman–Crippen MR) is 112 cm³/mol. The fourth-order valence-corrected chi connectivity index (χ4v) is 5.34. The lowest BCUT2D eigenvalue weighted by molar-refractivity contribution is -0.145. The molecular formula is C23H34N4O2. The smallest absolute Gasteiger partial charge is 0.239 e. The summed E-state index contributed by atoms with van der Waals surface area (Å²) in [4.78, 5) is 36.2. The minimum atomic E-state index is 0.0570. The third-order valence-corrected chi connectivity index (χ3v) is 7.29. The van der Waals surface area contributed by atoms with Gasteiger partial charge in [0.1, 0.15) is 0 Å². The summed E-state index contributed by atoms with van der Waals surface area (Å²) in [5.41, 5.74) is 1.25. The van der Waals surface area contributed by atoms with Crippen LogP contribution < -0.4 is 0 Å². The number of likely N-dealkylation sites (N-methyl/N-ethyl adjacent to an activating group) is 1. The highest BCUT2D eigenvalue weighted by molar-refractivity contribution is 5.82. The Morgan fingerprint density at radius 2 is 2.00 bits per heavy atom. The molecule has 0 N–H and O–H groups in total. The van der Waals surface area contributed by atoms with E-state index in [2.05, 4.69) is 21.8 Å². The summed E-state index contributed by atoms with van der Waals surface area (Å²) < 4.78 is 0. The Balaban J connectivity index is 1.36. The molecule has 0 radical (unpaired) electrons. The molecule has 1 aromatic heterocycles. The lowest BCUT2D eigenvalue weighted by Gasteiger charge is -2.48. The molecule has 3 fully saturated rings. The molecular weight excluding hydrogens is 364 g/mol. The standard InChI is InChI=1S/C23H34N4O2/c1-25-13-4-2-3-7-20(25)22(29)26-14-10-23(11-15-26)9-8-21(28)27(18-23)17-19-6-5-12-24-16-19/h5-6,12,16,20H,2-4,7-11,13-15,17-18H2,1H3/t20-/m1/s1. The van der Waals surface area contributed by atoms with Crippen LogP contribution in [-0.2, 0) is 16.1 Å². The Morgan fingerprint density at radius 3 is 2.76 bits per heavy atom. The van der Waals surface area contributed by atoms with E-state index >= 15 is 0 Å². The second-order valence-electron chi connectivity index (χ2n) is 9.28. The number of nitrogens with zero attached hydrogens (tertiary/aromatic N) is 4. The molecule has 29 heavy (non-hydrogen) atoms. The molecule has 1 aromatic rings. The van der Waals surface area contributed by atoms with Gasteiger partial charge in [0, 0.05) is 45.0 Å². The number of aromatic nitrogens is 1. The molecule has 0 unspecified atom stereocenters. The molecule has 1 spiro atoms. The van der Waals surface area contributed by atoms with Crippen LogP contribution >= 0.6 is 0 Å². The minimum Gasteiger partial charge on any atom is -0.341 e. The molecule has 3 aliphatic heterocycles. The number of hydrogen-bond acceptors (Lipinski definition) is 4. The molecule has 2 amide bonds. The Bertz CT molecular complexity index is 715. The Hall–Kier alpha value is -1.95. The summed E-state index contributed by atoms with van der Waals surface area (Å²) in [6, 6.07) is 4.02. The molecule has 0 bridgehead atoms. The van der Waals surface area contributed by atoms with Crippen LogP contribution in [0.4, 0.5) is 0 Å². The number of carbonyl (C=O) groups excluding carboxylic acids is 2. The van der Waals surface area contributed by atoms with E-state index in [4.69, 9.17) is 0 Å². The van der Waals surface area contributed by atoms with E-state index < -0.39 is 0 Å². The third kappa shape index (κ3) is 4.63. The van der Waals surface area contributed by atoms with Crippen molar-refractivity contribution in [2.75, 3.05) is 33.2 Å². The molecule has 0 saturated carbocycles. The number of pyridine rings is 1. The number of rotatable bonds is 3. The average molecular weight is 399 g/mol. The molecule has 158 valence electrons. The van der Waals surface area contributed by atoms with E-state index in [9.17, 15) is 9.59 Å². The average Bonchev–Trinajstić information content (AvgIpc) is 2.96. The molecule has 3 saturated heterocycles. The van der Waals surface area contributed by atoms with Crippen molar-refractivity contribution in [1.29, 1.82) is 0 Å². The number of carbonyl (C=O) groups is 2. The molecule has 4 rings (SSSR count). The van der Waals surface area contributed by atoms with Crippen LogP contribution in [0, 0.1) is 5.41 Å². The van der Waals surface area contributed by atoms with Crippen LogP contribution in [0.25, 0.3) is 0 Å². The quantitative estimate of drug-likeness (QED) is 0.786. The first-order valence-electron chi connectivity index (χ1n) is 11.2. The largest absolute Gasteiger partial charge is 0.341 e.